The number of amides is 1. The van der Waals surface area contributed by atoms with Gasteiger partial charge in [0.1, 0.15) is 11.5 Å². The summed E-state index contributed by atoms with van der Waals surface area (Å²) in [5, 5.41) is 7.42. The Kier molecular flexibility index (Phi) is 6.24. The van der Waals surface area contributed by atoms with Crippen molar-refractivity contribution in [1.29, 1.82) is 0 Å². The number of carbonyl (C=O) groups excluding carboxylic acids is 1. The van der Waals surface area contributed by atoms with E-state index in [1.165, 1.54) is 12.1 Å². The van der Waals surface area contributed by atoms with Crippen molar-refractivity contribution in [3.8, 4) is 11.5 Å². The van der Waals surface area contributed by atoms with Crippen molar-refractivity contribution in [3.05, 3.63) is 83.7 Å². The molecule has 2 aliphatic rings. The summed E-state index contributed by atoms with van der Waals surface area (Å²) in [5.41, 5.74) is 5.08. The van der Waals surface area contributed by atoms with Gasteiger partial charge in [0.05, 0.1) is 23.9 Å². The molecule has 2 aromatic heterocycles. The van der Waals surface area contributed by atoms with Crippen LogP contribution in [0.5, 0.6) is 11.5 Å². The summed E-state index contributed by atoms with van der Waals surface area (Å²) in [6.45, 7) is 5.78. The van der Waals surface area contributed by atoms with Gasteiger partial charge in [-0.05, 0) is 55.0 Å². The molecule has 2 aromatic carbocycles. The number of hydrogen-bond acceptors (Lipinski definition) is 6. The molecule has 0 saturated carbocycles. The highest BCUT2D eigenvalue weighted by atomic mass is 19.4. The first-order valence-corrected chi connectivity index (χ1v) is 12.9. The molecule has 0 unspecified atom stereocenters. The Morgan fingerprint density at radius 2 is 1.57 bits per heavy atom. The Labute approximate surface area is 230 Å². The number of methoxy groups -OCH3 is 1. The van der Waals surface area contributed by atoms with Gasteiger partial charge in [-0.1, -0.05) is 12.1 Å². The van der Waals surface area contributed by atoms with E-state index in [0.29, 0.717) is 29.1 Å². The first kappa shape index (κ1) is 25.8. The molecule has 0 bridgehead atoms. The maximum atomic E-state index is 13.0. The minimum absolute atomic E-state index is 0. The van der Waals surface area contributed by atoms with Crippen LogP contribution in [-0.2, 0) is 6.54 Å². The highest BCUT2D eigenvalue weighted by Gasteiger charge is 2.51. The van der Waals surface area contributed by atoms with E-state index in [1.807, 2.05) is 19.1 Å². The number of halogens is 3. The largest absolute Gasteiger partial charge is 0.573 e. The molecule has 8 nitrogen and oxygen atoms in total. The molecule has 1 spiro atoms. The molecule has 40 heavy (non-hydrogen) atoms. The van der Waals surface area contributed by atoms with Crippen LogP contribution in [0, 0.1) is 12.3 Å². The van der Waals surface area contributed by atoms with Crippen molar-refractivity contribution < 1.29 is 28.9 Å². The number of aryl methyl sites for hydroxylation is 1. The van der Waals surface area contributed by atoms with E-state index in [0.717, 1.165) is 43.1 Å². The maximum Gasteiger partial charge on any atom is 0.573 e. The lowest BCUT2D eigenvalue weighted by Gasteiger charge is -2.61. The number of rotatable bonds is 7. The number of aromatic nitrogens is 2. The molecular weight excluding hydrogens is 523 g/mol. The van der Waals surface area contributed by atoms with E-state index < -0.39 is 6.36 Å². The Morgan fingerprint density at radius 3 is 2.15 bits per heavy atom. The summed E-state index contributed by atoms with van der Waals surface area (Å²) in [6, 6.07) is 17.8. The molecule has 4 heterocycles. The molecule has 6 rings (SSSR count). The quantitative estimate of drug-likeness (QED) is 0.345. The van der Waals surface area contributed by atoms with E-state index in [-0.39, 0.29) is 18.5 Å². The Balaban J connectivity index is 0.00000337. The van der Waals surface area contributed by atoms with Gasteiger partial charge in [-0.25, -0.2) is 4.52 Å². The smallest absolute Gasteiger partial charge is 0.497 e. The third-order valence-electron chi connectivity index (χ3n) is 7.54. The van der Waals surface area contributed by atoms with Crippen LogP contribution in [0.2, 0.25) is 0 Å². The molecule has 2 saturated heterocycles. The summed E-state index contributed by atoms with van der Waals surface area (Å²) >= 11 is 0. The van der Waals surface area contributed by atoms with Crippen molar-refractivity contribution in [2.75, 3.05) is 43.1 Å². The maximum absolute atomic E-state index is 13.0. The summed E-state index contributed by atoms with van der Waals surface area (Å²) < 4.78 is 48.0. The normalized spacial score (nSPS) is 16.0. The van der Waals surface area contributed by atoms with Crippen LogP contribution in [-0.4, -0.2) is 55.2 Å². The number of benzene rings is 2. The average molecular weight is 554 g/mol. The Bertz CT molecular complexity index is 1540. The molecule has 0 atom stereocenters. The Morgan fingerprint density at radius 1 is 0.975 bits per heavy atom. The number of anilines is 2. The minimum Gasteiger partial charge on any atom is -0.497 e. The summed E-state index contributed by atoms with van der Waals surface area (Å²) in [5.74, 6) is 0.259. The first-order chi connectivity index (χ1) is 19.1. The second-order valence-corrected chi connectivity index (χ2v) is 10.5. The molecule has 11 heteroatoms. The molecule has 2 aliphatic heterocycles. The molecule has 0 aliphatic carbocycles. The van der Waals surface area contributed by atoms with E-state index >= 15 is 0 Å². The zero-order chi connectivity index (χ0) is 28.1. The topological polar surface area (TPSA) is 71.3 Å². The minimum atomic E-state index is -4.69. The summed E-state index contributed by atoms with van der Waals surface area (Å²) in [7, 11) is 1.59. The lowest BCUT2D eigenvalue weighted by Crippen LogP contribution is -2.72. The van der Waals surface area contributed by atoms with Gasteiger partial charge in [-0.2, -0.15) is 5.10 Å². The molecule has 2 fully saturated rings. The number of nitrogens with zero attached hydrogens (tertiary/aromatic N) is 4. The van der Waals surface area contributed by atoms with Crippen LogP contribution in [0.3, 0.4) is 0 Å². The standard InChI is InChI=1S/C29H28F3N5O3.H2/c1-19-26(25-13-24(39-2)11-12-37(25)34-19)27(38)33-14-20-3-5-21(6-4-20)35-15-28(16-35)17-36(18-28)22-7-9-23(10-8-22)40-29(30,31)32;/h3-13H,14-18H2,1-2H3,(H,33,38);1H. The van der Waals surface area contributed by atoms with Crippen molar-refractivity contribution >= 4 is 22.8 Å². The van der Waals surface area contributed by atoms with Gasteiger partial charge in [0, 0.05) is 63.2 Å². The zero-order valence-electron chi connectivity index (χ0n) is 22.0. The van der Waals surface area contributed by atoms with Crippen LogP contribution in [0.15, 0.2) is 66.9 Å². The molecule has 1 N–H and O–H groups in total. The van der Waals surface area contributed by atoms with Gasteiger partial charge in [-0.3, -0.25) is 4.79 Å². The second-order valence-electron chi connectivity index (χ2n) is 10.5. The number of ether oxygens (including phenoxy) is 2. The van der Waals surface area contributed by atoms with Gasteiger partial charge in [-0.15, -0.1) is 13.2 Å². The van der Waals surface area contributed by atoms with Crippen LogP contribution >= 0.6 is 0 Å². The van der Waals surface area contributed by atoms with Crippen LogP contribution in [0.4, 0.5) is 24.5 Å². The van der Waals surface area contributed by atoms with Gasteiger partial charge < -0.3 is 24.6 Å². The molecular formula is C29H30F3N5O3. The number of nitrogens with one attached hydrogen (secondary N) is 1. The van der Waals surface area contributed by atoms with Gasteiger partial charge in [0.25, 0.3) is 5.91 Å². The number of hydrogen-bond donors (Lipinski definition) is 1. The third kappa shape index (κ3) is 4.99. The highest BCUT2D eigenvalue weighted by molar-refractivity contribution is 6.02. The fraction of sp³-hybridized carbons (Fsp3) is 0.310. The summed E-state index contributed by atoms with van der Waals surface area (Å²) in [4.78, 5) is 17.5. The molecule has 4 aromatic rings. The zero-order valence-corrected chi connectivity index (χ0v) is 22.0. The molecule has 210 valence electrons. The molecule has 1 amide bonds. The fourth-order valence-corrected chi connectivity index (χ4v) is 5.60. The van der Waals surface area contributed by atoms with E-state index in [9.17, 15) is 18.0 Å². The number of carbonyl (C=O) groups is 1. The van der Waals surface area contributed by atoms with E-state index in [1.54, 1.807) is 42.1 Å². The number of fused-ring (bicyclic) bond motifs is 1. The predicted molar refractivity (Wildman–Crippen MR) is 146 cm³/mol. The Hall–Kier alpha value is -4.41. The SMILES string of the molecule is COc1ccn2nc(C)c(C(=O)NCc3ccc(N4CC5(C4)CN(c4ccc(OC(F)(F)F)cc4)C5)cc3)c2c1.[HH]. The lowest BCUT2D eigenvalue weighted by atomic mass is 9.72. The molecule has 0 radical (unpaired) electrons. The third-order valence-corrected chi connectivity index (χ3v) is 7.54. The summed E-state index contributed by atoms with van der Waals surface area (Å²) in [6.07, 6.45) is -2.92. The van der Waals surface area contributed by atoms with Crippen molar-refractivity contribution in [1.82, 2.24) is 14.9 Å². The number of pyridine rings is 1. The van der Waals surface area contributed by atoms with Gasteiger partial charge >= 0.3 is 6.36 Å². The van der Waals surface area contributed by atoms with Crippen molar-refractivity contribution in [3.63, 3.8) is 0 Å². The van der Waals surface area contributed by atoms with E-state index in [4.69, 9.17) is 4.74 Å². The van der Waals surface area contributed by atoms with Gasteiger partial charge in [0.15, 0.2) is 0 Å². The predicted octanol–water partition coefficient (Wildman–Crippen LogP) is 5.05. The monoisotopic (exact) mass is 553 g/mol. The fourth-order valence-electron chi connectivity index (χ4n) is 5.60. The van der Waals surface area contributed by atoms with Crippen LogP contribution < -0.4 is 24.6 Å². The first-order valence-electron chi connectivity index (χ1n) is 12.9. The van der Waals surface area contributed by atoms with Gasteiger partial charge in [0.2, 0.25) is 0 Å². The van der Waals surface area contributed by atoms with Crippen molar-refractivity contribution in [2.24, 2.45) is 5.41 Å². The number of alkyl halides is 3. The van der Waals surface area contributed by atoms with E-state index in [2.05, 4.69) is 37.1 Å². The average Bonchev–Trinajstić information content (AvgIpc) is 3.21. The lowest BCUT2D eigenvalue weighted by molar-refractivity contribution is -0.274. The van der Waals surface area contributed by atoms with Crippen molar-refractivity contribution in [2.45, 2.75) is 19.8 Å². The highest BCUT2D eigenvalue weighted by Crippen LogP contribution is 2.44. The second kappa shape index (κ2) is 9.65. The van der Waals surface area contributed by atoms with Crippen LogP contribution in [0.25, 0.3) is 5.52 Å². The van der Waals surface area contributed by atoms with Crippen LogP contribution in [0.1, 0.15) is 23.0 Å².